The van der Waals surface area contributed by atoms with Gasteiger partial charge in [-0.1, -0.05) is 18.2 Å². The highest BCUT2D eigenvalue weighted by atomic mass is 32.2. The number of hydrogen-bond acceptors (Lipinski definition) is 4. The van der Waals surface area contributed by atoms with Crippen LogP contribution < -0.4 is 4.72 Å². The van der Waals surface area contributed by atoms with Crippen LogP contribution >= 0.6 is 11.3 Å². The van der Waals surface area contributed by atoms with Crippen LogP contribution in [0.1, 0.15) is 22.5 Å². The summed E-state index contributed by atoms with van der Waals surface area (Å²) in [6.07, 6.45) is 2.12. The first-order valence-corrected chi connectivity index (χ1v) is 10.7. The minimum atomic E-state index is -3.63. The van der Waals surface area contributed by atoms with Crippen molar-refractivity contribution in [2.24, 2.45) is 0 Å². The number of fused-ring (bicyclic) bond motifs is 1. The van der Waals surface area contributed by atoms with Crippen molar-refractivity contribution in [2.75, 3.05) is 17.8 Å². The van der Waals surface area contributed by atoms with E-state index in [2.05, 4.69) is 4.72 Å². The Kier molecular flexibility index (Phi) is 4.42. The summed E-state index contributed by atoms with van der Waals surface area (Å²) in [7, 11) is -3.63. The van der Waals surface area contributed by atoms with Crippen molar-refractivity contribution in [3.8, 4) is 0 Å². The molecule has 1 amide bonds. The number of anilines is 1. The Labute approximate surface area is 156 Å². The molecular weight excluding hydrogens is 368 g/mol. The van der Waals surface area contributed by atoms with Gasteiger partial charge in [0.2, 0.25) is 0 Å². The first-order valence-electron chi connectivity index (χ1n) is 8.44. The number of likely N-dealkylation sites (tertiary alicyclic amines) is 1. The zero-order chi connectivity index (χ0) is 18.1. The van der Waals surface area contributed by atoms with Crippen LogP contribution in [-0.4, -0.2) is 32.3 Å². The lowest BCUT2D eigenvalue weighted by molar-refractivity contribution is 0.0797. The Morgan fingerprint density at radius 3 is 2.46 bits per heavy atom. The molecule has 0 saturated carbocycles. The van der Waals surface area contributed by atoms with Crippen LogP contribution in [0.2, 0.25) is 0 Å². The van der Waals surface area contributed by atoms with E-state index in [1.165, 1.54) is 11.3 Å². The molecule has 0 spiro atoms. The highest BCUT2D eigenvalue weighted by Crippen LogP contribution is 2.30. The van der Waals surface area contributed by atoms with Gasteiger partial charge in [0, 0.05) is 23.5 Å². The van der Waals surface area contributed by atoms with Crippen molar-refractivity contribution >= 4 is 43.0 Å². The lowest BCUT2D eigenvalue weighted by Gasteiger charge is -2.13. The maximum atomic E-state index is 12.5. The molecule has 1 fully saturated rings. The van der Waals surface area contributed by atoms with Crippen LogP contribution in [0.4, 0.5) is 5.69 Å². The summed E-state index contributed by atoms with van der Waals surface area (Å²) < 4.78 is 28.5. The molecule has 134 valence electrons. The van der Waals surface area contributed by atoms with Gasteiger partial charge in [0.05, 0.1) is 9.77 Å². The van der Waals surface area contributed by atoms with Gasteiger partial charge in [-0.25, -0.2) is 8.42 Å². The van der Waals surface area contributed by atoms with Gasteiger partial charge in [-0.05, 0) is 54.6 Å². The maximum absolute atomic E-state index is 12.5. The first kappa shape index (κ1) is 17.1. The van der Waals surface area contributed by atoms with Gasteiger partial charge in [-0.3, -0.25) is 9.52 Å². The molecule has 1 aliphatic heterocycles. The second-order valence-corrected chi connectivity index (χ2v) is 9.05. The number of amides is 1. The van der Waals surface area contributed by atoms with Gasteiger partial charge >= 0.3 is 0 Å². The van der Waals surface area contributed by atoms with Crippen molar-refractivity contribution in [3.63, 3.8) is 0 Å². The predicted octanol–water partition coefficient (Wildman–Crippen LogP) is 3.94. The van der Waals surface area contributed by atoms with Gasteiger partial charge in [0.25, 0.3) is 15.9 Å². The van der Waals surface area contributed by atoms with Crippen LogP contribution in [-0.2, 0) is 10.0 Å². The molecule has 1 saturated heterocycles. The van der Waals surface area contributed by atoms with Gasteiger partial charge < -0.3 is 4.90 Å². The smallest absolute Gasteiger partial charge is 0.263 e. The van der Waals surface area contributed by atoms with Crippen molar-refractivity contribution < 1.29 is 13.2 Å². The molecule has 3 aromatic rings. The number of rotatable bonds is 4. The van der Waals surface area contributed by atoms with Gasteiger partial charge in [-0.15, -0.1) is 11.3 Å². The van der Waals surface area contributed by atoms with E-state index < -0.39 is 10.0 Å². The highest BCUT2D eigenvalue weighted by molar-refractivity contribution is 7.92. The fourth-order valence-electron chi connectivity index (χ4n) is 3.10. The Morgan fingerprint density at radius 2 is 1.73 bits per heavy atom. The van der Waals surface area contributed by atoms with Crippen LogP contribution in [0.15, 0.2) is 59.5 Å². The number of benzene rings is 2. The molecule has 0 radical (unpaired) electrons. The molecule has 0 aliphatic carbocycles. The van der Waals surface area contributed by atoms with Crippen LogP contribution in [0.5, 0.6) is 0 Å². The molecule has 0 unspecified atom stereocenters. The monoisotopic (exact) mass is 386 g/mol. The topological polar surface area (TPSA) is 66.5 Å². The number of hydrogen-bond donors (Lipinski definition) is 1. The summed E-state index contributed by atoms with van der Waals surface area (Å²) in [4.78, 5) is 15.3. The summed E-state index contributed by atoms with van der Waals surface area (Å²) in [6.45, 7) is 1.63. The summed E-state index contributed by atoms with van der Waals surface area (Å²) in [5.41, 5.74) is 0.485. The van der Waals surface area contributed by atoms with Crippen molar-refractivity contribution in [3.05, 3.63) is 59.5 Å². The van der Waals surface area contributed by atoms with Crippen LogP contribution in [0.3, 0.4) is 0 Å². The fourth-order valence-corrected chi connectivity index (χ4v) is 5.18. The Bertz CT molecular complexity index is 1050. The Morgan fingerprint density at radius 1 is 1.00 bits per heavy atom. The predicted molar refractivity (Wildman–Crippen MR) is 104 cm³/mol. The molecule has 2 heterocycles. The molecule has 2 aromatic carbocycles. The molecule has 1 N–H and O–H groups in total. The quantitative estimate of drug-likeness (QED) is 0.739. The van der Waals surface area contributed by atoms with E-state index in [1.807, 2.05) is 17.0 Å². The van der Waals surface area contributed by atoms with Crippen LogP contribution in [0.25, 0.3) is 10.1 Å². The average molecular weight is 386 g/mol. The van der Waals surface area contributed by atoms with Crippen molar-refractivity contribution in [1.82, 2.24) is 4.90 Å². The number of carbonyl (C=O) groups excluding carboxylic acids is 1. The van der Waals surface area contributed by atoms with E-state index in [1.54, 1.807) is 42.5 Å². The third kappa shape index (κ3) is 3.32. The molecule has 7 heteroatoms. The van der Waals surface area contributed by atoms with E-state index >= 15 is 0 Å². The maximum Gasteiger partial charge on any atom is 0.263 e. The number of carbonyl (C=O) groups is 1. The SMILES string of the molecule is O=C(c1cc2cc(NS(=O)(=O)c3ccccc3)ccc2s1)N1CCCC1. The highest BCUT2D eigenvalue weighted by Gasteiger charge is 2.21. The number of nitrogens with one attached hydrogen (secondary N) is 1. The average Bonchev–Trinajstić information content (AvgIpc) is 3.31. The van der Waals surface area contributed by atoms with E-state index in [0.29, 0.717) is 10.6 Å². The molecule has 26 heavy (non-hydrogen) atoms. The zero-order valence-corrected chi connectivity index (χ0v) is 15.6. The standard InChI is InChI=1S/C19H18N2O3S2/c22-19(21-10-4-5-11-21)18-13-14-12-15(8-9-17(14)25-18)20-26(23,24)16-6-2-1-3-7-16/h1-3,6-9,12-13,20H,4-5,10-11H2. The normalized spacial score (nSPS) is 14.7. The molecule has 0 bridgehead atoms. The van der Waals surface area contributed by atoms with Gasteiger partial charge in [0.1, 0.15) is 0 Å². The lowest BCUT2D eigenvalue weighted by atomic mass is 10.2. The number of nitrogens with zero attached hydrogens (tertiary/aromatic N) is 1. The Hall–Kier alpha value is -2.38. The second-order valence-electron chi connectivity index (χ2n) is 6.28. The van der Waals surface area contributed by atoms with Crippen molar-refractivity contribution in [2.45, 2.75) is 17.7 Å². The minimum absolute atomic E-state index is 0.0649. The molecular formula is C19H18N2O3S2. The Balaban J connectivity index is 1.61. The zero-order valence-electron chi connectivity index (χ0n) is 14.0. The summed E-state index contributed by atoms with van der Waals surface area (Å²) in [5.74, 6) is 0.0649. The molecule has 1 aromatic heterocycles. The second kappa shape index (κ2) is 6.74. The lowest BCUT2D eigenvalue weighted by Crippen LogP contribution is -2.26. The van der Waals surface area contributed by atoms with Gasteiger partial charge in [-0.2, -0.15) is 0 Å². The van der Waals surface area contributed by atoms with E-state index in [-0.39, 0.29) is 10.8 Å². The molecule has 5 nitrogen and oxygen atoms in total. The van der Waals surface area contributed by atoms with Crippen LogP contribution in [0, 0.1) is 0 Å². The minimum Gasteiger partial charge on any atom is -0.338 e. The van der Waals surface area contributed by atoms with E-state index in [4.69, 9.17) is 0 Å². The third-order valence-electron chi connectivity index (χ3n) is 4.43. The summed E-state index contributed by atoms with van der Waals surface area (Å²) in [6, 6.07) is 15.5. The fraction of sp³-hybridized carbons (Fsp3) is 0.211. The first-order chi connectivity index (χ1) is 12.5. The molecule has 0 atom stereocenters. The largest absolute Gasteiger partial charge is 0.338 e. The summed E-state index contributed by atoms with van der Waals surface area (Å²) >= 11 is 1.45. The third-order valence-corrected chi connectivity index (χ3v) is 6.93. The van der Waals surface area contributed by atoms with E-state index in [9.17, 15) is 13.2 Å². The molecule has 1 aliphatic rings. The number of thiophene rings is 1. The van der Waals surface area contributed by atoms with E-state index in [0.717, 1.165) is 36.0 Å². The number of sulfonamides is 1. The van der Waals surface area contributed by atoms with Crippen molar-refractivity contribution in [1.29, 1.82) is 0 Å². The molecule has 4 rings (SSSR count). The van der Waals surface area contributed by atoms with Gasteiger partial charge in [0.15, 0.2) is 0 Å². The summed E-state index contributed by atoms with van der Waals surface area (Å²) in [5, 5.41) is 0.866.